The van der Waals surface area contributed by atoms with E-state index < -0.39 is 5.60 Å². The Hall–Kier alpha value is -2.24. The van der Waals surface area contributed by atoms with Gasteiger partial charge in [-0.1, -0.05) is 35.9 Å². The Labute approximate surface area is 146 Å². The average molecular weight is 349 g/mol. The maximum atomic E-state index is 12.2. The van der Waals surface area contributed by atoms with Crippen molar-refractivity contribution in [3.8, 4) is 5.75 Å². The number of carbonyl (C=O) groups is 1. The van der Waals surface area contributed by atoms with Crippen molar-refractivity contribution in [1.82, 2.24) is 5.32 Å². The molecule has 2 aromatic rings. The van der Waals surface area contributed by atoms with Gasteiger partial charge in [0.25, 0.3) is 0 Å². The molecule has 0 saturated carbocycles. The summed E-state index contributed by atoms with van der Waals surface area (Å²) in [6.45, 7) is 2.17. The average Bonchev–Trinajstić information content (AvgIpc) is 2.60. The van der Waals surface area contributed by atoms with Crippen LogP contribution in [0.25, 0.3) is 0 Å². The van der Waals surface area contributed by atoms with Crippen molar-refractivity contribution in [3.63, 3.8) is 0 Å². The number of hydrogen-bond donors (Lipinski definition) is 2. The molecule has 2 amide bonds. The van der Waals surface area contributed by atoms with E-state index in [1.807, 2.05) is 37.3 Å². The molecule has 2 N–H and O–H groups in total. The third kappa shape index (κ3) is 4.40. The Morgan fingerprint density at radius 3 is 2.58 bits per heavy atom. The van der Waals surface area contributed by atoms with E-state index in [-0.39, 0.29) is 12.6 Å². The van der Waals surface area contributed by atoms with Crippen LogP contribution in [0, 0.1) is 0 Å². The third-order valence-electron chi connectivity index (χ3n) is 3.83. The number of amides is 2. The number of halogens is 1. The lowest BCUT2D eigenvalue weighted by atomic mass is 9.96. The summed E-state index contributed by atoms with van der Waals surface area (Å²) in [6, 6.07) is 14.2. The maximum Gasteiger partial charge on any atom is 0.319 e. The van der Waals surface area contributed by atoms with Crippen LogP contribution < -0.4 is 15.4 Å². The summed E-state index contributed by atoms with van der Waals surface area (Å²) in [6.07, 6.45) is 0. The molecule has 0 aliphatic carbocycles. The van der Waals surface area contributed by atoms with Crippen molar-refractivity contribution < 1.29 is 14.3 Å². The highest BCUT2D eigenvalue weighted by atomic mass is 35.5. The lowest BCUT2D eigenvalue weighted by Crippen LogP contribution is -2.41. The number of ether oxygens (including phenoxy) is 2. The molecule has 0 aliphatic rings. The van der Waals surface area contributed by atoms with E-state index in [1.54, 1.807) is 32.4 Å². The van der Waals surface area contributed by atoms with Crippen LogP contribution in [0.4, 0.5) is 10.5 Å². The lowest BCUT2D eigenvalue weighted by Gasteiger charge is -2.29. The van der Waals surface area contributed by atoms with Crippen molar-refractivity contribution in [2.45, 2.75) is 12.5 Å². The fraction of sp³-hybridized carbons (Fsp3) is 0.278. The molecule has 1 atom stereocenters. The SMILES string of the molecule is COc1ccccc1NC(=O)NCC(C)(OC)c1cccc(Cl)c1. The van der Waals surface area contributed by atoms with Crippen LogP contribution in [0.5, 0.6) is 5.75 Å². The van der Waals surface area contributed by atoms with E-state index in [4.69, 9.17) is 21.1 Å². The van der Waals surface area contributed by atoms with Crippen molar-refractivity contribution >= 4 is 23.3 Å². The summed E-state index contributed by atoms with van der Waals surface area (Å²) in [5.41, 5.74) is 0.790. The normalized spacial score (nSPS) is 13.0. The van der Waals surface area contributed by atoms with E-state index >= 15 is 0 Å². The van der Waals surface area contributed by atoms with Crippen molar-refractivity contribution in [3.05, 3.63) is 59.1 Å². The summed E-state index contributed by atoms with van der Waals surface area (Å²) in [7, 11) is 3.15. The zero-order chi connectivity index (χ0) is 17.6. The minimum absolute atomic E-state index is 0.283. The predicted octanol–water partition coefficient (Wildman–Crippen LogP) is 4.03. The maximum absolute atomic E-state index is 12.2. The molecule has 0 saturated heterocycles. The molecular weight excluding hydrogens is 328 g/mol. The Bertz CT molecular complexity index is 708. The number of anilines is 1. The first-order valence-electron chi connectivity index (χ1n) is 7.47. The molecule has 0 aliphatic heterocycles. The molecular formula is C18H21ClN2O3. The van der Waals surface area contributed by atoms with E-state index in [2.05, 4.69) is 10.6 Å². The molecule has 24 heavy (non-hydrogen) atoms. The smallest absolute Gasteiger partial charge is 0.319 e. The molecule has 0 radical (unpaired) electrons. The van der Waals surface area contributed by atoms with Gasteiger partial charge in [0, 0.05) is 12.1 Å². The van der Waals surface area contributed by atoms with Crippen LogP contribution >= 0.6 is 11.6 Å². The van der Waals surface area contributed by atoms with Crippen LogP contribution in [-0.2, 0) is 10.3 Å². The van der Waals surface area contributed by atoms with Gasteiger partial charge in [0.1, 0.15) is 11.4 Å². The van der Waals surface area contributed by atoms with E-state index in [1.165, 1.54) is 0 Å². The highest BCUT2D eigenvalue weighted by Gasteiger charge is 2.27. The second-order valence-corrected chi connectivity index (χ2v) is 5.89. The van der Waals surface area contributed by atoms with Gasteiger partial charge in [-0.3, -0.25) is 0 Å². The fourth-order valence-corrected chi connectivity index (χ4v) is 2.46. The summed E-state index contributed by atoms with van der Waals surface area (Å²) >= 11 is 6.04. The number of methoxy groups -OCH3 is 2. The van der Waals surface area contributed by atoms with E-state index in [0.717, 1.165) is 5.56 Å². The topological polar surface area (TPSA) is 59.6 Å². The molecule has 0 heterocycles. The van der Waals surface area contributed by atoms with Crippen LogP contribution in [0.3, 0.4) is 0 Å². The Morgan fingerprint density at radius 1 is 1.17 bits per heavy atom. The van der Waals surface area contributed by atoms with Crippen LogP contribution in [-0.4, -0.2) is 26.8 Å². The van der Waals surface area contributed by atoms with Gasteiger partial charge in [-0.15, -0.1) is 0 Å². The molecule has 128 valence electrons. The number of para-hydroxylation sites is 2. The number of hydrogen-bond acceptors (Lipinski definition) is 3. The monoisotopic (exact) mass is 348 g/mol. The molecule has 0 fully saturated rings. The van der Waals surface area contributed by atoms with Gasteiger partial charge >= 0.3 is 6.03 Å². The van der Waals surface area contributed by atoms with Gasteiger partial charge in [0.2, 0.25) is 0 Å². The molecule has 5 nitrogen and oxygen atoms in total. The molecule has 6 heteroatoms. The van der Waals surface area contributed by atoms with Gasteiger partial charge in [0.05, 0.1) is 19.3 Å². The standard InChI is InChI=1S/C18H21ClN2O3/c1-18(24-3,13-7-6-8-14(19)11-13)12-20-17(22)21-15-9-4-5-10-16(15)23-2/h4-11H,12H2,1-3H3,(H2,20,21,22). The van der Waals surface area contributed by atoms with Gasteiger partial charge < -0.3 is 20.1 Å². The second-order valence-electron chi connectivity index (χ2n) is 5.45. The van der Waals surface area contributed by atoms with E-state index in [9.17, 15) is 4.79 Å². The quantitative estimate of drug-likeness (QED) is 0.828. The molecule has 1 unspecified atom stereocenters. The number of rotatable bonds is 6. The van der Waals surface area contributed by atoms with Crippen molar-refractivity contribution in [2.24, 2.45) is 0 Å². The second kappa shape index (κ2) is 8.04. The minimum Gasteiger partial charge on any atom is -0.495 e. The van der Waals surface area contributed by atoms with Gasteiger partial charge in [-0.25, -0.2) is 4.79 Å². The van der Waals surface area contributed by atoms with Gasteiger partial charge in [-0.05, 0) is 36.8 Å². The Morgan fingerprint density at radius 2 is 1.92 bits per heavy atom. The highest BCUT2D eigenvalue weighted by Crippen LogP contribution is 2.26. The summed E-state index contributed by atoms with van der Waals surface area (Å²) < 4.78 is 10.8. The number of urea groups is 1. The summed E-state index contributed by atoms with van der Waals surface area (Å²) in [5.74, 6) is 0.594. The molecule has 2 aromatic carbocycles. The molecule has 2 rings (SSSR count). The fourth-order valence-electron chi connectivity index (χ4n) is 2.27. The first kappa shape index (κ1) is 18.1. The zero-order valence-corrected chi connectivity index (χ0v) is 14.7. The number of carbonyl (C=O) groups excluding carboxylic acids is 1. The van der Waals surface area contributed by atoms with Gasteiger partial charge in [0.15, 0.2) is 0 Å². The zero-order valence-electron chi connectivity index (χ0n) is 13.9. The Kier molecular flexibility index (Phi) is 6.06. The number of benzene rings is 2. The third-order valence-corrected chi connectivity index (χ3v) is 4.06. The summed E-state index contributed by atoms with van der Waals surface area (Å²) in [5, 5.41) is 6.20. The van der Waals surface area contributed by atoms with Crippen LogP contribution in [0.1, 0.15) is 12.5 Å². The van der Waals surface area contributed by atoms with Crippen molar-refractivity contribution in [1.29, 1.82) is 0 Å². The molecule has 0 bridgehead atoms. The van der Waals surface area contributed by atoms with Crippen molar-refractivity contribution in [2.75, 3.05) is 26.1 Å². The Balaban J connectivity index is 2.03. The summed E-state index contributed by atoms with van der Waals surface area (Å²) in [4.78, 5) is 12.2. The largest absolute Gasteiger partial charge is 0.495 e. The predicted molar refractivity (Wildman–Crippen MR) is 95.8 cm³/mol. The molecule has 0 spiro atoms. The number of nitrogens with one attached hydrogen (secondary N) is 2. The van der Waals surface area contributed by atoms with Crippen LogP contribution in [0.15, 0.2) is 48.5 Å². The molecule has 0 aromatic heterocycles. The first-order valence-corrected chi connectivity index (χ1v) is 7.85. The first-order chi connectivity index (χ1) is 11.5. The minimum atomic E-state index is -0.691. The van der Waals surface area contributed by atoms with Crippen LogP contribution in [0.2, 0.25) is 5.02 Å². The lowest BCUT2D eigenvalue weighted by molar-refractivity contribution is 0.00521. The highest BCUT2D eigenvalue weighted by molar-refractivity contribution is 6.30. The van der Waals surface area contributed by atoms with Gasteiger partial charge in [-0.2, -0.15) is 0 Å². The van der Waals surface area contributed by atoms with E-state index in [0.29, 0.717) is 16.5 Å².